The van der Waals surface area contributed by atoms with Gasteiger partial charge in [-0.2, -0.15) is 0 Å². The molecule has 0 saturated carbocycles. The lowest BCUT2D eigenvalue weighted by atomic mass is 10.2. The molecule has 132 valence electrons. The summed E-state index contributed by atoms with van der Waals surface area (Å²) in [7, 11) is 0. The van der Waals surface area contributed by atoms with Crippen LogP contribution in [0.5, 0.6) is 0 Å². The number of nitrogens with zero attached hydrogens (tertiary/aromatic N) is 2. The van der Waals surface area contributed by atoms with Crippen LogP contribution in [-0.2, 0) is 6.54 Å². The molecule has 0 aliphatic carbocycles. The van der Waals surface area contributed by atoms with E-state index in [9.17, 15) is 14.9 Å². The highest BCUT2D eigenvalue weighted by Crippen LogP contribution is 2.28. The molecule has 0 aliphatic heterocycles. The van der Waals surface area contributed by atoms with Crippen molar-refractivity contribution in [2.45, 2.75) is 13.5 Å². The molecule has 1 aromatic heterocycles. The molecule has 6 nitrogen and oxygen atoms in total. The topological polar surface area (TPSA) is 85.1 Å². The van der Waals surface area contributed by atoms with Gasteiger partial charge in [-0.25, -0.2) is 4.98 Å². The van der Waals surface area contributed by atoms with Crippen molar-refractivity contribution in [1.82, 2.24) is 10.3 Å². The number of thiazole rings is 1. The molecule has 3 rings (SSSR count). The Morgan fingerprint density at radius 3 is 2.65 bits per heavy atom. The number of hydrogen-bond donors (Lipinski definition) is 1. The van der Waals surface area contributed by atoms with Gasteiger partial charge in [-0.15, -0.1) is 11.3 Å². The molecule has 1 amide bonds. The SMILES string of the molecule is Cc1nc(-c2ccccc2)sc1CNC(=O)c1ccc([N+](=O)[O-])cc1Cl. The predicted octanol–water partition coefficient (Wildman–Crippen LogP) is 4.61. The molecule has 3 aromatic rings. The van der Waals surface area contributed by atoms with Crippen LogP contribution in [0, 0.1) is 17.0 Å². The zero-order valence-electron chi connectivity index (χ0n) is 13.7. The minimum Gasteiger partial charge on any atom is -0.347 e. The van der Waals surface area contributed by atoms with E-state index in [1.165, 1.54) is 29.5 Å². The molecule has 0 unspecified atom stereocenters. The Morgan fingerprint density at radius 1 is 1.27 bits per heavy atom. The Bertz CT molecular complexity index is 973. The van der Waals surface area contributed by atoms with Gasteiger partial charge in [0.05, 0.1) is 27.7 Å². The second-order valence-corrected chi connectivity index (χ2v) is 6.99. The molecular formula is C18H14ClN3O3S. The van der Waals surface area contributed by atoms with E-state index in [4.69, 9.17) is 11.6 Å². The van der Waals surface area contributed by atoms with Gasteiger partial charge >= 0.3 is 0 Å². The van der Waals surface area contributed by atoms with E-state index in [-0.39, 0.29) is 22.2 Å². The van der Waals surface area contributed by atoms with Crippen molar-refractivity contribution in [2.24, 2.45) is 0 Å². The number of nitro benzene ring substituents is 1. The number of carbonyl (C=O) groups is 1. The molecule has 0 fully saturated rings. The average Bonchev–Trinajstić information content (AvgIpc) is 3.01. The number of nitro groups is 1. The van der Waals surface area contributed by atoms with Crippen LogP contribution in [0.4, 0.5) is 5.69 Å². The summed E-state index contributed by atoms with van der Waals surface area (Å²) in [4.78, 5) is 28.0. The number of aromatic nitrogens is 1. The molecule has 0 radical (unpaired) electrons. The first-order valence-electron chi connectivity index (χ1n) is 7.69. The third-order valence-electron chi connectivity index (χ3n) is 3.73. The summed E-state index contributed by atoms with van der Waals surface area (Å²) in [5, 5.41) is 14.5. The zero-order valence-corrected chi connectivity index (χ0v) is 15.3. The summed E-state index contributed by atoms with van der Waals surface area (Å²) >= 11 is 7.50. The van der Waals surface area contributed by atoms with Crippen molar-refractivity contribution in [3.05, 3.63) is 79.8 Å². The molecule has 8 heteroatoms. The van der Waals surface area contributed by atoms with Gasteiger partial charge in [0.15, 0.2) is 0 Å². The minimum absolute atomic E-state index is 0.0442. The zero-order chi connectivity index (χ0) is 18.7. The van der Waals surface area contributed by atoms with Gasteiger partial charge in [-0.3, -0.25) is 14.9 Å². The van der Waals surface area contributed by atoms with E-state index in [2.05, 4.69) is 10.3 Å². The van der Waals surface area contributed by atoms with Crippen molar-refractivity contribution in [3.8, 4) is 10.6 Å². The average molecular weight is 388 g/mol. The lowest BCUT2D eigenvalue weighted by Crippen LogP contribution is -2.23. The Hall–Kier alpha value is -2.77. The van der Waals surface area contributed by atoms with Crippen LogP contribution in [0.1, 0.15) is 20.9 Å². The lowest BCUT2D eigenvalue weighted by molar-refractivity contribution is -0.384. The molecule has 26 heavy (non-hydrogen) atoms. The van der Waals surface area contributed by atoms with Crippen molar-refractivity contribution in [3.63, 3.8) is 0 Å². The van der Waals surface area contributed by atoms with Crippen LogP contribution in [0.3, 0.4) is 0 Å². The normalized spacial score (nSPS) is 10.5. The molecule has 0 spiro atoms. The summed E-state index contributed by atoms with van der Waals surface area (Å²) in [5.74, 6) is -0.390. The van der Waals surface area contributed by atoms with Crippen LogP contribution in [0.15, 0.2) is 48.5 Å². The van der Waals surface area contributed by atoms with Gasteiger partial charge in [0.1, 0.15) is 5.01 Å². The van der Waals surface area contributed by atoms with Crippen LogP contribution in [0.25, 0.3) is 10.6 Å². The third kappa shape index (κ3) is 3.89. The maximum Gasteiger partial charge on any atom is 0.270 e. The molecule has 1 N–H and O–H groups in total. The summed E-state index contributed by atoms with van der Waals surface area (Å²) in [5.41, 5.74) is 1.92. The maximum absolute atomic E-state index is 12.3. The first kappa shape index (κ1) is 18.0. The third-order valence-corrected chi connectivity index (χ3v) is 5.25. The summed E-state index contributed by atoms with van der Waals surface area (Å²) < 4.78 is 0. The van der Waals surface area contributed by atoms with E-state index >= 15 is 0 Å². The van der Waals surface area contributed by atoms with Gasteiger partial charge in [-0.05, 0) is 13.0 Å². The fourth-order valence-corrected chi connectivity index (χ4v) is 3.62. The first-order chi connectivity index (χ1) is 12.5. The second-order valence-electron chi connectivity index (χ2n) is 5.50. The summed E-state index contributed by atoms with van der Waals surface area (Å²) in [6.45, 7) is 2.20. The molecule has 0 bridgehead atoms. The highest BCUT2D eigenvalue weighted by molar-refractivity contribution is 7.15. The number of aryl methyl sites for hydroxylation is 1. The van der Waals surface area contributed by atoms with Crippen molar-refractivity contribution >= 4 is 34.5 Å². The lowest BCUT2D eigenvalue weighted by Gasteiger charge is -2.06. The van der Waals surface area contributed by atoms with E-state index in [0.29, 0.717) is 6.54 Å². The van der Waals surface area contributed by atoms with Crippen molar-refractivity contribution < 1.29 is 9.72 Å². The van der Waals surface area contributed by atoms with E-state index in [0.717, 1.165) is 21.1 Å². The smallest absolute Gasteiger partial charge is 0.270 e. The van der Waals surface area contributed by atoms with Crippen molar-refractivity contribution in [2.75, 3.05) is 0 Å². The second kappa shape index (κ2) is 7.63. The number of hydrogen-bond acceptors (Lipinski definition) is 5. The molecule has 1 heterocycles. The Kier molecular flexibility index (Phi) is 5.29. The number of carbonyl (C=O) groups excluding carboxylic acids is 1. The number of amides is 1. The quantitative estimate of drug-likeness (QED) is 0.511. The number of benzene rings is 2. The van der Waals surface area contributed by atoms with Crippen LogP contribution < -0.4 is 5.32 Å². The highest BCUT2D eigenvalue weighted by atomic mass is 35.5. The molecule has 0 atom stereocenters. The van der Waals surface area contributed by atoms with Gasteiger partial charge < -0.3 is 5.32 Å². The number of nitrogens with one attached hydrogen (secondary N) is 1. The van der Waals surface area contributed by atoms with E-state index in [1.54, 1.807) is 0 Å². The van der Waals surface area contributed by atoms with E-state index < -0.39 is 4.92 Å². The summed E-state index contributed by atoms with van der Waals surface area (Å²) in [6, 6.07) is 13.6. The van der Waals surface area contributed by atoms with Crippen molar-refractivity contribution in [1.29, 1.82) is 0 Å². The van der Waals surface area contributed by atoms with E-state index in [1.807, 2.05) is 37.3 Å². The van der Waals surface area contributed by atoms with Gasteiger partial charge in [0, 0.05) is 22.6 Å². The largest absolute Gasteiger partial charge is 0.347 e. The fraction of sp³-hybridized carbons (Fsp3) is 0.111. The maximum atomic E-state index is 12.3. The van der Waals surface area contributed by atoms with Gasteiger partial charge in [0.2, 0.25) is 0 Å². The number of non-ortho nitro benzene ring substituents is 1. The van der Waals surface area contributed by atoms with Crippen LogP contribution >= 0.6 is 22.9 Å². The number of rotatable bonds is 5. The molecular weight excluding hydrogens is 374 g/mol. The molecule has 0 saturated heterocycles. The Balaban J connectivity index is 1.72. The highest BCUT2D eigenvalue weighted by Gasteiger charge is 2.16. The van der Waals surface area contributed by atoms with Crippen LogP contribution in [-0.4, -0.2) is 15.8 Å². The van der Waals surface area contributed by atoms with Gasteiger partial charge in [0.25, 0.3) is 11.6 Å². The monoisotopic (exact) mass is 387 g/mol. The predicted molar refractivity (Wildman–Crippen MR) is 102 cm³/mol. The standard InChI is InChI=1S/C18H14ClN3O3S/c1-11-16(26-18(21-11)12-5-3-2-4-6-12)10-20-17(23)14-8-7-13(22(24)25)9-15(14)19/h2-9H,10H2,1H3,(H,20,23). The minimum atomic E-state index is -0.556. The summed E-state index contributed by atoms with van der Waals surface area (Å²) in [6.07, 6.45) is 0. The number of halogens is 1. The fourth-order valence-electron chi connectivity index (χ4n) is 2.35. The van der Waals surface area contributed by atoms with Crippen LogP contribution in [0.2, 0.25) is 5.02 Å². The Labute approximate surface area is 158 Å². The molecule has 0 aliphatic rings. The Morgan fingerprint density at radius 2 is 2.00 bits per heavy atom. The van der Waals surface area contributed by atoms with Gasteiger partial charge in [-0.1, -0.05) is 41.9 Å². The molecule has 2 aromatic carbocycles. The first-order valence-corrected chi connectivity index (χ1v) is 8.89.